The molecule has 3 rings (SSSR count). The second-order valence-corrected chi connectivity index (χ2v) is 8.36. The first kappa shape index (κ1) is 23.3. The van der Waals surface area contributed by atoms with Gasteiger partial charge in [0.05, 0.1) is 22.7 Å². The maximum Gasteiger partial charge on any atom is 0.417 e. The van der Waals surface area contributed by atoms with Gasteiger partial charge >= 0.3 is 12.3 Å². The zero-order valence-electron chi connectivity index (χ0n) is 16.0. The Morgan fingerprint density at radius 3 is 2.68 bits per heavy atom. The van der Waals surface area contributed by atoms with Crippen molar-refractivity contribution in [1.29, 1.82) is 0 Å². The lowest BCUT2D eigenvalue weighted by molar-refractivity contribution is -0.137. The maximum atomic E-state index is 13.2. The lowest BCUT2D eigenvalue weighted by atomic mass is 9.91. The summed E-state index contributed by atoms with van der Waals surface area (Å²) in [5.74, 6) is -0.919. The van der Waals surface area contributed by atoms with E-state index in [9.17, 15) is 27.9 Å². The van der Waals surface area contributed by atoms with Crippen molar-refractivity contribution in [3.63, 3.8) is 0 Å². The van der Waals surface area contributed by atoms with E-state index in [2.05, 4.69) is 26.2 Å². The SMILES string of the molecule is O=C(N[C@@H](c1cccc(Br)c1)[C@@H]1CCCCN1C(=O)O)c1nccc(C(F)(F)F)c1Cl. The summed E-state index contributed by atoms with van der Waals surface area (Å²) in [4.78, 5) is 29.7. The molecule has 1 saturated heterocycles. The van der Waals surface area contributed by atoms with Crippen molar-refractivity contribution in [2.45, 2.75) is 37.5 Å². The molecular formula is C20H18BrClF3N3O3. The Bertz CT molecular complexity index is 990. The smallest absolute Gasteiger partial charge is 0.417 e. The molecule has 2 amide bonds. The fraction of sp³-hybridized carbons (Fsp3) is 0.350. The predicted molar refractivity (Wildman–Crippen MR) is 111 cm³/mol. The van der Waals surface area contributed by atoms with Gasteiger partial charge in [0, 0.05) is 17.2 Å². The number of rotatable bonds is 4. The molecule has 0 saturated carbocycles. The number of pyridine rings is 1. The third-order valence-corrected chi connectivity index (χ3v) is 5.96. The fourth-order valence-corrected chi connectivity index (χ4v) is 4.40. The minimum Gasteiger partial charge on any atom is -0.465 e. The van der Waals surface area contributed by atoms with Crippen LogP contribution in [0, 0.1) is 0 Å². The van der Waals surface area contributed by atoms with Gasteiger partial charge in [0.15, 0.2) is 0 Å². The largest absolute Gasteiger partial charge is 0.465 e. The molecule has 6 nitrogen and oxygen atoms in total. The zero-order chi connectivity index (χ0) is 22.8. The van der Waals surface area contributed by atoms with Crippen molar-refractivity contribution in [3.05, 3.63) is 62.8 Å². The number of piperidine rings is 1. The first-order valence-electron chi connectivity index (χ1n) is 9.37. The maximum absolute atomic E-state index is 13.2. The highest BCUT2D eigenvalue weighted by molar-refractivity contribution is 9.10. The van der Waals surface area contributed by atoms with Gasteiger partial charge in [0.2, 0.25) is 0 Å². The number of carbonyl (C=O) groups excluding carboxylic acids is 1. The number of nitrogens with one attached hydrogen (secondary N) is 1. The van der Waals surface area contributed by atoms with Crippen LogP contribution in [0.25, 0.3) is 0 Å². The zero-order valence-corrected chi connectivity index (χ0v) is 18.3. The normalized spacial score (nSPS) is 17.8. The van der Waals surface area contributed by atoms with Gasteiger partial charge in [-0.05, 0) is 43.0 Å². The van der Waals surface area contributed by atoms with E-state index in [4.69, 9.17) is 11.6 Å². The number of likely N-dealkylation sites (tertiary alicyclic amines) is 1. The number of benzene rings is 1. The molecule has 2 heterocycles. The molecule has 1 aromatic heterocycles. The Hall–Kier alpha value is -2.33. The van der Waals surface area contributed by atoms with Crippen LogP contribution < -0.4 is 5.32 Å². The summed E-state index contributed by atoms with van der Waals surface area (Å²) >= 11 is 9.20. The van der Waals surface area contributed by atoms with Crippen LogP contribution in [-0.2, 0) is 6.18 Å². The number of amides is 2. The Balaban J connectivity index is 2.00. The molecular weight excluding hydrogens is 503 g/mol. The summed E-state index contributed by atoms with van der Waals surface area (Å²) in [5.41, 5.74) is -1.14. The van der Waals surface area contributed by atoms with Crippen molar-refractivity contribution >= 4 is 39.5 Å². The van der Waals surface area contributed by atoms with Crippen molar-refractivity contribution in [3.8, 4) is 0 Å². The highest BCUT2D eigenvalue weighted by Gasteiger charge is 2.38. The van der Waals surface area contributed by atoms with E-state index in [1.54, 1.807) is 24.3 Å². The van der Waals surface area contributed by atoms with E-state index in [1.165, 1.54) is 4.90 Å². The third kappa shape index (κ3) is 5.30. The van der Waals surface area contributed by atoms with E-state index < -0.39 is 46.5 Å². The second kappa shape index (κ2) is 9.44. The number of carbonyl (C=O) groups is 2. The molecule has 0 aliphatic carbocycles. The molecule has 1 aromatic carbocycles. The predicted octanol–water partition coefficient (Wildman–Crippen LogP) is 5.52. The van der Waals surface area contributed by atoms with Gasteiger partial charge in [0.1, 0.15) is 5.69 Å². The molecule has 31 heavy (non-hydrogen) atoms. The number of aromatic nitrogens is 1. The molecule has 1 fully saturated rings. The summed E-state index contributed by atoms with van der Waals surface area (Å²) in [6.07, 6.45) is -3.10. The van der Waals surface area contributed by atoms with Crippen molar-refractivity contribution in [2.75, 3.05) is 6.54 Å². The van der Waals surface area contributed by atoms with E-state index in [0.29, 0.717) is 35.5 Å². The summed E-state index contributed by atoms with van der Waals surface area (Å²) in [5, 5.41) is 11.5. The van der Waals surface area contributed by atoms with E-state index >= 15 is 0 Å². The standard InChI is InChI=1S/C20H18BrClF3N3O3/c21-12-5-3-4-11(10-12)16(14-6-1-2-9-28(14)19(30)31)27-18(29)17-15(22)13(7-8-26-17)20(23,24)25/h3-5,7-8,10,14,16H,1-2,6,9H2,(H,27,29)(H,30,31)/t14-,16-/m0/s1. The van der Waals surface area contributed by atoms with Crippen LogP contribution >= 0.6 is 27.5 Å². The summed E-state index contributed by atoms with van der Waals surface area (Å²) in [7, 11) is 0. The van der Waals surface area contributed by atoms with Crippen molar-refractivity contribution < 1.29 is 27.9 Å². The van der Waals surface area contributed by atoms with E-state index in [-0.39, 0.29) is 0 Å². The van der Waals surface area contributed by atoms with Crippen LogP contribution in [0.15, 0.2) is 41.0 Å². The van der Waals surface area contributed by atoms with Gasteiger partial charge in [-0.25, -0.2) is 9.78 Å². The number of hydrogen-bond acceptors (Lipinski definition) is 3. The number of hydrogen-bond donors (Lipinski definition) is 2. The van der Waals surface area contributed by atoms with Crippen LogP contribution in [0.5, 0.6) is 0 Å². The van der Waals surface area contributed by atoms with Gasteiger partial charge in [-0.2, -0.15) is 13.2 Å². The highest BCUT2D eigenvalue weighted by atomic mass is 79.9. The number of alkyl halides is 3. The Morgan fingerprint density at radius 2 is 2.03 bits per heavy atom. The molecule has 0 radical (unpaired) electrons. The molecule has 2 aromatic rings. The van der Waals surface area contributed by atoms with Crippen LogP contribution in [0.1, 0.15) is 46.9 Å². The first-order valence-corrected chi connectivity index (χ1v) is 10.5. The minimum absolute atomic E-state index is 0.295. The van der Waals surface area contributed by atoms with Gasteiger partial charge in [-0.1, -0.05) is 39.7 Å². The molecule has 0 unspecified atom stereocenters. The third-order valence-electron chi connectivity index (χ3n) is 5.08. The molecule has 1 aliphatic heterocycles. The number of halogens is 5. The average molecular weight is 521 g/mol. The average Bonchev–Trinajstić information content (AvgIpc) is 2.71. The molecule has 0 bridgehead atoms. The lowest BCUT2D eigenvalue weighted by Crippen LogP contribution is -2.50. The first-order chi connectivity index (χ1) is 14.6. The highest BCUT2D eigenvalue weighted by Crippen LogP contribution is 2.36. The molecule has 11 heteroatoms. The quantitative estimate of drug-likeness (QED) is 0.556. The second-order valence-electron chi connectivity index (χ2n) is 7.06. The van der Waals surface area contributed by atoms with Crippen LogP contribution in [0.3, 0.4) is 0 Å². The minimum atomic E-state index is -4.75. The Labute approximate surface area is 189 Å². The molecule has 166 valence electrons. The Kier molecular flexibility index (Phi) is 7.10. The molecule has 2 N–H and O–H groups in total. The lowest BCUT2D eigenvalue weighted by Gasteiger charge is -2.39. The van der Waals surface area contributed by atoms with Gasteiger partial charge in [-0.15, -0.1) is 0 Å². The monoisotopic (exact) mass is 519 g/mol. The van der Waals surface area contributed by atoms with E-state index in [1.807, 2.05) is 0 Å². The molecule has 1 aliphatic rings. The van der Waals surface area contributed by atoms with Crippen molar-refractivity contribution in [2.24, 2.45) is 0 Å². The number of carboxylic acid groups (broad SMARTS) is 1. The topological polar surface area (TPSA) is 82.5 Å². The van der Waals surface area contributed by atoms with Crippen LogP contribution in [0.2, 0.25) is 5.02 Å². The van der Waals surface area contributed by atoms with Crippen molar-refractivity contribution in [1.82, 2.24) is 15.2 Å². The van der Waals surface area contributed by atoms with Gasteiger partial charge < -0.3 is 15.3 Å². The Morgan fingerprint density at radius 1 is 1.29 bits per heavy atom. The van der Waals surface area contributed by atoms with Gasteiger partial charge in [-0.3, -0.25) is 4.79 Å². The summed E-state index contributed by atoms with van der Waals surface area (Å²) in [6, 6.07) is 6.21. The van der Waals surface area contributed by atoms with Crippen LogP contribution in [-0.4, -0.2) is 39.6 Å². The van der Waals surface area contributed by atoms with E-state index in [0.717, 1.165) is 12.6 Å². The van der Waals surface area contributed by atoms with Crippen LogP contribution in [0.4, 0.5) is 18.0 Å². The fourth-order valence-electron chi connectivity index (χ4n) is 3.67. The summed E-state index contributed by atoms with van der Waals surface area (Å²) in [6.45, 7) is 0.295. The summed E-state index contributed by atoms with van der Waals surface area (Å²) < 4.78 is 40.2. The van der Waals surface area contributed by atoms with Gasteiger partial charge in [0.25, 0.3) is 5.91 Å². The molecule has 0 spiro atoms. The number of nitrogens with zero attached hydrogens (tertiary/aromatic N) is 2. The molecule has 2 atom stereocenters.